The van der Waals surface area contributed by atoms with Gasteiger partial charge in [-0.2, -0.15) is 5.10 Å². The van der Waals surface area contributed by atoms with E-state index < -0.39 is 11.7 Å². The van der Waals surface area contributed by atoms with Crippen LogP contribution in [-0.2, 0) is 9.53 Å². The number of nitrogens with one attached hydrogen (secondary N) is 2. The topological polar surface area (TPSA) is 96.5 Å². The summed E-state index contributed by atoms with van der Waals surface area (Å²) < 4.78 is 11.5. The Hall–Kier alpha value is -3.78. The minimum Gasteiger partial charge on any atom is -0.457 e. The van der Waals surface area contributed by atoms with E-state index in [0.717, 1.165) is 11.1 Å². The van der Waals surface area contributed by atoms with Crippen molar-refractivity contribution in [2.24, 2.45) is 0 Å². The first-order valence-corrected chi connectivity index (χ1v) is 11.6. The zero-order valence-electron chi connectivity index (χ0n) is 19.6. The lowest BCUT2D eigenvalue weighted by Gasteiger charge is -2.36. The second-order valence-electron chi connectivity index (χ2n) is 9.53. The van der Waals surface area contributed by atoms with Crippen LogP contribution in [0.15, 0.2) is 66.0 Å². The van der Waals surface area contributed by atoms with Crippen LogP contribution in [-0.4, -0.2) is 45.7 Å². The molecule has 3 aromatic rings. The van der Waals surface area contributed by atoms with Gasteiger partial charge in [-0.25, -0.2) is 4.79 Å². The molecule has 180 valence electrons. The molecule has 8 nitrogen and oxygen atoms in total. The molecule has 2 aliphatic rings. The number of hydrogen-bond donors (Lipinski definition) is 2. The number of hydrogen-bond acceptors (Lipinski definition) is 6. The van der Waals surface area contributed by atoms with Crippen LogP contribution >= 0.6 is 11.6 Å². The third-order valence-corrected chi connectivity index (χ3v) is 5.99. The molecule has 1 amide bonds. The summed E-state index contributed by atoms with van der Waals surface area (Å²) in [6, 6.07) is 14.7. The second-order valence-corrected chi connectivity index (χ2v) is 9.96. The number of anilines is 1. The molecule has 35 heavy (non-hydrogen) atoms. The molecule has 2 N–H and O–H groups in total. The van der Waals surface area contributed by atoms with E-state index in [9.17, 15) is 9.59 Å². The third kappa shape index (κ3) is 4.74. The Balaban J connectivity index is 1.49. The fourth-order valence-electron chi connectivity index (χ4n) is 4.32. The van der Waals surface area contributed by atoms with Crippen molar-refractivity contribution in [2.45, 2.75) is 32.3 Å². The van der Waals surface area contributed by atoms with Crippen molar-refractivity contribution in [1.82, 2.24) is 15.1 Å². The summed E-state index contributed by atoms with van der Waals surface area (Å²) in [5.41, 5.74) is 2.33. The van der Waals surface area contributed by atoms with Crippen LogP contribution in [0.1, 0.15) is 37.8 Å². The highest BCUT2D eigenvalue weighted by Crippen LogP contribution is 2.43. The molecular formula is C26H25ClN4O4. The summed E-state index contributed by atoms with van der Waals surface area (Å²) in [4.78, 5) is 27.5. The molecule has 1 unspecified atom stereocenters. The van der Waals surface area contributed by atoms with E-state index in [-0.39, 0.29) is 24.8 Å². The van der Waals surface area contributed by atoms with Gasteiger partial charge in [-0.1, -0.05) is 23.7 Å². The molecule has 0 bridgehead atoms. The highest BCUT2D eigenvalue weighted by molar-refractivity contribution is 6.30. The molecule has 1 aromatic heterocycles. The van der Waals surface area contributed by atoms with E-state index >= 15 is 0 Å². The molecule has 0 aliphatic carbocycles. The highest BCUT2D eigenvalue weighted by Gasteiger charge is 2.40. The number of benzene rings is 2. The van der Waals surface area contributed by atoms with Crippen LogP contribution in [0.5, 0.6) is 11.5 Å². The van der Waals surface area contributed by atoms with E-state index in [1.54, 1.807) is 51.2 Å². The van der Waals surface area contributed by atoms with Gasteiger partial charge in [-0.3, -0.25) is 14.8 Å². The summed E-state index contributed by atoms with van der Waals surface area (Å²) in [6.45, 7) is 5.56. The molecule has 0 spiro atoms. The Kier molecular flexibility index (Phi) is 5.76. The number of aromatic amines is 1. The molecular weight excluding hydrogens is 468 g/mol. The number of nitrogens with zero attached hydrogens (tertiary/aromatic N) is 2. The number of rotatable bonds is 3. The number of ketones is 1. The fraction of sp³-hybridized carbons (Fsp3) is 0.269. The van der Waals surface area contributed by atoms with Crippen LogP contribution in [0.2, 0.25) is 5.02 Å². The number of carbonyl (C=O) groups excluding carboxylic acids is 2. The van der Waals surface area contributed by atoms with Crippen molar-refractivity contribution in [3.05, 3.63) is 82.1 Å². The van der Waals surface area contributed by atoms with Crippen molar-refractivity contribution >= 4 is 29.3 Å². The number of Topliss-reactive ketones (excluding diaryl/α,β-unsaturated/α-hetero) is 1. The van der Waals surface area contributed by atoms with Gasteiger partial charge in [-0.05, 0) is 62.7 Å². The quantitative estimate of drug-likeness (QED) is 0.502. The smallest absolute Gasteiger partial charge is 0.411 e. The van der Waals surface area contributed by atoms with Gasteiger partial charge in [0.15, 0.2) is 11.6 Å². The van der Waals surface area contributed by atoms with Gasteiger partial charge in [0.05, 0.1) is 13.1 Å². The molecule has 0 radical (unpaired) electrons. The van der Waals surface area contributed by atoms with Crippen molar-refractivity contribution in [3.63, 3.8) is 0 Å². The molecule has 2 aliphatic heterocycles. The monoisotopic (exact) mass is 492 g/mol. The molecule has 2 aromatic carbocycles. The molecule has 1 atom stereocenters. The van der Waals surface area contributed by atoms with Gasteiger partial charge in [-0.15, -0.1) is 0 Å². The molecule has 0 fully saturated rings. The Morgan fingerprint density at radius 2 is 1.89 bits per heavy atom. The number of fused-ring (bicyclic) bond motifs is 1. The van der Waals surface area contributed by atoms with E-state index in [4.69, 9.17) is 21.1 Å². The predicted octanol–water partition coefficient (Wildman–Crippen LogP) is 5.49. The number of H-pyrrole nitrogens is 1. The van der Waals surface area contributed by atoms with E-state index in [1.165, 1.54) is 4.90 Å². The van der Waals surface area contributed by atoms with E-state index in [1.807, 2.05) is 24.3 Å². The minimum absolute atomic E-state index is 0.0555. The normalized spacial score (nSPS) is 17.4. The maximum Gasteiger partial charge on any atom is 0.411 e. The average Bonchev–Trinajstić information content (AvgIpc) is 3.26. The highest BCUT2D eigenvalue weighted by atomic mass is 35.5. The maximum atomic E-state index is 13.4. The van der Waals surface area contributed by atoms with E-state index in [2.05, 4.69) is 15.5 Å². The van der Waals surface area contributed by atoms with Crippen molar-refractivity contribution in [2.75, 3.05) is 18.4 Å². The Morgan fingerprint density at radius 1 is 1.11 bits per heavy atom. The molecule has 0 saturated carbocycles. The van der Waals surface area contributed by atoms with Crippen LogP contribution < -0.4 is 10.1 Å². The lowest BCUT2D eigenvalue weighted by molar-refractivity contribution is -0.117. The second kappa shape index (κ2) is 8.78. The summed E-state index contributed by atoms with van der Waals surface area (Å²) in [5, 5.41) is 11.1. The number of amides is 1. The van der Waals surface area contributed by atoms with Gasteiger partial charge >= 0.3 is 6.09 Å². The number of halogens is 1. The van der Waals surface area contributed by atoms with Gasteiger partial charge in [0, 0.05) is 34.0 Å². The zero-order chi connectivity index (χ0) is 24.7. The molecule has 3 heterocycles. The summed E-state index contributed by atoms with van der Waals surface area (Å²) in [5.74, 6) is 1.40. The Bertz CT molecular complexity index is 1320. The Morgan fingerprint density at radius 3 is 2.63 bits per heavy atom. The van der Waals surface area contributed by atoms with Crippen LogP contribution in [0.3, 0.4) is 0 Å². The predicted molar refractivity (Wildman–Crippen MR) is 132 cm³/mol. The zero-order valence-corrected chi connectivity index (χ0v) is 20.3. The van der Waals surface area contributed by atoms with Crippen molar-refractivity contribution in [1.29, 1.82) is 0 Å². The summed E-state index contributed by atoms with van der Waals surface area (Å²) in [7, 11) is 0. The van der Waals surface area contributed by atoms with Crippen LogP contribution in [0, 0.1) is 0 Å². The summed E-state index contributed by atoms with van der Waals surface area (Å²) in [6.07, 6.45) is 1.26. The largest absolute Gasteiger partial charge is 0.457 e. The van der Waals surface area contributed by atoms with Crippen molar-refractivity contribution < 1.29 is 19.1 Å². The lowest BCUT2D eigenvalue weighted by atomic mass is 9.79. The maximum absolute atomic E-state index is 13.4. The van der Waals surface area contributed by atoms with E-state index in [0.29, 0.717) is 33.6 Å². The van der Waals surface area contributed by atoms with Gasteiger partial charge in [0.2, 0.25) is 0 Å². The molecule has 0 saturated heterocycles. The standard InChI is InChI=1S/C26H25ClN4O4/c1-26(2,3)35-25(33)31-13-20-23(21(32)14-31)22(19-12-28-30-24(19)29-20)15-5-4-6-18(11-15)34-17-9-7-16(27)8-10-17/h4-12,22H,13-14H2,1-3H3,(H2,28,29,30). The van der Waals surface area contributed by atoms with Crippen LogP contribution in [0.4, 0.5) is 10.6 Å². The fourth-order valence-corrected chi connectivity index (χ4v) is 4.44. The van der Waals surface area contributed by atoms with Crippen molar-refractivity contribution in [3.8, 4) is 11.5 Å². The van der Waals surface area contributed by atoms with Gasteiger partial charge in [0.1, 0.15) is 17.1 Å². The average molecular weight is 493 g/mol. The first-order valence-electron chi connectivity index (χ1n) is 11.3. The molecule has 9 heteroatoms. The Labute approximate surface area is 207 Å². The van der Waals surface area contributed by atoms with Gasteiger partial charge in [0.25, 0.3) is 0 Å². The summed E-state index contributed by atoms with van der Waals surface area (Å²) >= 11 is 5.98. The van der Waals surface area contributed by atoms with Crippen LogP contribution in [0.25, 0.3) is 0 Å². The minimum atomic E-state index is -0.656. The number of aromatic nitrogens is 2. The third-order valence-electron chi connectivity index (χ3n) is 5.74. The molecule has 5 rings (SSSR count). The first-order chi connectivity index (χ1) is 16.7. The number of carbonyl (C=O) groups is 2. The SMILES string of the molecule is CC(C)(C)OC(=O)N1CC(=O)C2=C(C1)Nc1n[nH]cc1C2c1cccc(Oc2ccc(Cl)cc2)c1. The lowest BCUT2D eigenvalue weighted by Crippen LogP contribution is -2.47. The first kappa shape index (κ1) is 23.0. The van der Waals surface area contributed by atoms with Gasteiger partial charge < -0.3 is 14.8 Å². The number of ether oxygens (including phenoxy) is 2.